The normalized spacial score (nSPS) is 19.6. The van der Waals surface area contributed by atoms with Gasteiger partial charge in [-0.1, -0.05) is 0 Å². The Bertz CT molecular complexity index is 593. The van der Waals surface area contributed by atoms with Crippen LogP contribution in [0.2, 0.25) is 0 Å². The Morgan fingerprint density at radius 1 is 1.32 bits per heavy atom. The van der Waals surface area contributed by atoms with Gasteiger partial charge >= 0.3 is 0 Å². The molecule has 0 aliphatic carbocycles. The van der Waals surface area contributed by atoms with Gasteiger partial charge in [-0.05, 0) is 38.3 Å². The number of hydrogen-bond acceptors (Lipinski definition) is 5. The Morgan fingerprint density at radius 2 is 2.21 bits per heavy atom. The van der Waals surface area contributed by atoms with Crippen LogP contribution in [-0.4, -0.2) is 34.2 Å². The fourth-order valence-electron chi connectivity index (χ4n) is 2.57. The van der Waals surface area contributed by atoms with Crippen molar-refractivity contribution in [2.24, 2.45) is 0 Å². The molecule has 3 rings (SSSR count). The van der Waals surface area contributed by atoms with Crippen LogP contribution in [0.4, 0.5) is 5.82 Å². The molecular formula is C14H18N4O. The van der Waals surface area contributed by atoms with Gasteiger partial charge in [0.05, 0.1) is 18.0 Å². The summed E-state index contributed by atoms with van der Waals surface area (Å²) in [4.78, 5) is 13.1. The van der Waals surface area contributed by atoms with Crippen LogP contribution in [0.25, 0.3) is 11.0 Å². The molecular weight excluding hydrogens is 240 g/mol. The average Bonchev–Trinajstić information content (AvgIpc) is 2.39. The van der Waals surface area contributed by atoms with Gasteiger partial charge in [-0.15, -0.1) is 0 Å². The standard InChI is InChI=1S/C14H18N4O/c1-9-6-10(2)17-13-12(9)14(16-8-15-13)18-11-4-3-5-19-7-11/h6,8,11H,3-5,7H2,1-2H3,(H,15,16,17,18)/t11-/m1/s1. The number of aromatic nitrogens is 3. The Hall–Kier alpha value is -1.75. The summed E-state index contributed by atoms with van der Waals surface area (Å²) in [5.74, 6) is 0.866. The van der Waals surface area contributed by atoms with Crippen LogP contribution in [0.5, 0.6) is 0 Å². The van der Waals surface area contributed by atoms with Gasteiger partial charge in [-0.2, -0.15) is 0 Å². The van der Waals surface area contributed by atoms with E-state index >= 15 is 0 Å². The molecule has 1 saturated heterocycles. The quantitative estimate of drug-likeness (QED) is 0.895. The van der Waals surface area contributed by atoms with Crippen LogP contribution < -0.4 is 5.32 Å². The monoisotopic (exact) mass is 258 g/mol. The molecule has 0 amide bonds. The van der Waals surface area contributed by atoms with Crippen molar-refractivity contribution in [3.05, 3.63) is 23.7 Å². The molecule has 2 aromatic heterocycles. The second kappa shape index (κ2) is 5.09. The van der Waals surface area contributed by atoms with Gasteiger partial charge in [-0.25, -0.2) is 15.0 Å². The van der Waals surface area contributed by atoms with Gasteiger partial charge in [0.1, 0.15) is 12.1 Å². The first kappa shape index (κ1) is 12.3. The molecule has 1 aliphatic heterocycles. The van der Waals surface area contributed by atoms with E-state index in [9.17, 15) is 0 Å². The molecule has 2 aromatic rings. The van der Waals surface area contributed by atoms with Crippen LogP contribution >= 0.6 is 0 Å². The van der Waals surface area contributed by atoms with Gasteiger partial charge in [0.15, 0.2) is 5.65 Å². The van der Waals surface area contributed by atoms with Crippen LogP contribution in [0.1, 0.15) is 24.1 Å². The molecule has 1 N–H and O–H groups in total. The predicted octanol–water partition coefficient (Wildman–Crippen LogP) is 2.23. The number of aryl methyl sites for hydroxylation is 2. The van der Waals surface area contributed by atoms with E-state index in [1.807, 2.05) is 6.92 Å². The molecule has 5 nitrogen and oxygen atoms in total. The first-order valence-electron chi connectivity index (χ1n) is 6.67. The van der Waals surface area contributed by atoms with E-state index in [4.69, 9.17) is 4.74 Å². The molecule has 0 bridgehead atoms. The minimum Gasteiger partial charge on any atom is -0.379 e. The summed E-state index contributed by atoms with van der Waals surface area (Å²) in [6.07, 6.45) is 3.78. The first-order valence-corrected chi connectivity index (χ1v) is 6.67. The van der Waals surface area contributed by atoms with Crippen LogP contribution in [0.3, 0.4) is 0 Å². The Labute approximate surface area is 112 Å². The Kier molecular flexibility index (Phi) is 3.29. The zero-order chi connectivity index (χ0) is 13.2. The smallest absolute Gasteiger partial charge is 0.165 e. The van der Waals surface area contributed by atoms with Gasteiger partial charge in [-0.3, -0.25) is 0 Å². The van der Waals surface area contributed by atoms with Crippen molar-refractivity contribution in [1.29, 1.82) is 0 Å². The fraction of sp³-hybridized carbons (Fsp3) is 0.500. The first-order chi connectivity index (χ1) is 9.24. The number of fused-ring (bicyclic) bond motifs is 1. The topological polar surface area (TPSA) is 59.9 Å². The van der Waals surface area contributed by atoms with Crippen molar-refractivity contribution in [1.82, 2.24) is 15.0 Å². The lowest BCUT2D eigenvalue weighted by molar-refractivity contribution is 0.0875. The van der Waals surface area contributed by atoms with Gasteiger partial charge in [0, 0.05) is 12.3 Å². The lowest BCUT2D eigenvalue weighted by Gasteiger charge is -2.24. The fourth-order valence-corrected chi connectivity index (χ4v) is 2.57. The largest absolute Gasteiger partial charge is 0.379 e. The number of rotatable bonds is 2. The van der Waals surface area contributed by atoms with Gasteiger partial charge < -0.3 is 10.1 Å². The van der Waals surface area contributed by atoms with E-state index in [2.05, 4.69) is 33.3 Å². The van der Waals surface area contributed by atoms with Crippen molar-refractivity contribution in [3.63, 3.8) is 0 Å². The van der Waals surface area contributed by atoms with E-state index in [0.717, 1.165) is 54.2 Å². The highest BCUT2D eigenvalue weighted by Crippen LogP contribution is 2.24. The van der Waals surface area contributed by atoms with E-state index in [1.165, 1.54) is 0 Å². The molecule has 100 valence electrons. The second-order valence-corrected chi connectivity index (χ2v) is 5.06. The third kappa shape index (κ3) is 2.51. The highest BCUT2D eigenvalue weighted by molar-refractivity contribution is 5.89. The maximum atomic E-state index is 5.49. The van der Waals surface area contributed by atoms with Gasteiger partial charge in [0.25, 0.3) is 0 Å². The van der Waals surface area contributed by atoms with Gasteiger partial charge in [0.2, 0.25) is 0 Å². The summed E-state index contributed by atoms with van der Waals surface area (Å²) >= 11 is 0. The minimum atomic E-state index is 0.326. The summed E-state index contributed by atoms with van der Waals surface area (Å²) in [5, 5.41) is 4.48. The lowest BCUT2D eigenvalue weighted by atomic mass is 10.1. The zero-order valence-corrected chi connectivity index (χ0v) is 11.3. The van der Waals surface area contributed by atoms with E-state index in [0.29, 0.717) is 6.04 Å². The SMILES string of the molecule is Cc1cc(C)c2c(N[C@@H]3CCCOC3)ncnc2n1. The van der Waals surface area contributed by atoms with E-state index < -0.39 is 0 Å². The summed E-state index contributed by atoms with van der Waals surface area (Å²) in [6.45, 7) is 5.66. The Morgan fingerprint density at radius 3 is 3.00 bits per heavy atom. The van der Waals surface area contributed by atoms with Crippen LogP contribution in [-0.2, 0) is 4.74 Å². The molecule has 1 atom stereocenters. The second-order valence-electron chi connectivity index (χ2n) is 5.06. The maximum absolute atomic E-state index is 5.49. The predicted molar refractivity (Wildman–Crippen MR) is 74.3 cm³/mol. The summed E-state index contributed by atoms with van der Waals surface area (Å²) in [7, 11) is 0. The molecule has 3 heterocycles. The average molecular weight is 258 g/mol. The molecule has 0 spiro atoms. The Balaban J connectivity index is 1.98. The molecule has 5 heteroatoms. The summed E-state index contributed by atoms with van der Waals surface area (Å²) < 4.78 is 5.49. The summed E-state index contributed by atoms with van der Waals surface area (Å²) in [6, 6.07) is 2.39. The molecule has 1 aliphatic rings. The van der Waals surface area contributed by atoms with Crippen molar-refractivity contribution in [3.8, 4) is 0 Å². The minimum absolute atomic E-state index is 0.326. The number of nitrogens with zero attached hydrogens (tertiary/aromatic N) is 3. The van der Waals surface area contributed by atoms with Crippen molar-refractivity contribution in [2.45, 2.75) is 32.7 Å². The van der Waals surface area contributed by atoms with E-state index in [-0.39, 0.29) is 0 Å². The van der Waals surface area contributed by atoms with Crippen molar-refractivity contribution in [2.75, 3.05) is 18.5 Å². The number of hydrogen-bond donors (Lipinski definition) is 1. The number of nitrogens with one attached hydrogen (secondary N) is 1. The number of pyridine rings is 1. The summed E-state index contributed by atoms with van der Waals surface area (Å²) in [5.41, 5.74) is 2.89. The van der Waals surface area contributed by atoms with E-state index in [1.54, 1.807) is 6.33 Å². The highest BCUT2D eigenvalue weighted by atomic mass is 16.5. The molecule has 1 fully saturated rings. The maximum Gasteiger partial charge on any atom is 0.165 e. The molecule has 0 unspecified atom stereocenters. The number of anilines is 1. The third-order valence-corrected chi connectivity index (χ3v) is 3.43. The van der Waals surface area contributed by atoms with Crippen LogP contribution in [0, 0.1) is 13.8 Å². The molecule has 0 radical (unpaired) electrons. The zero-order valence-electron chi connectivity index (χ0n) is 11.3. The van der Waals surface area contributed by atoms with Crippen LogP contribution in [0.15, 0.2) is 12.4 Å². The number of ether oxygens (including phenoxy) is 1. The molecule has 19 heavy (non-hydrogen) atoms. The van der Waals surface area contributed by atoms with Crippen molar-refractivity contribution < 1.29 is 4.74 Å². The molecule has 0 aromatic carbocycles. The van der Waals surface area contributed by atoms with Crippen molar-refractivity contribution >= 4 is 16.9 Å². The molecule has 0 saturated carbocycles. The third-order valence-electron chi connectivity index (χ3n) is 3.43. The highest BCUT2D eigenvalue weighted by Gasteiger charge is 2.16. The lowest BCUT2D eigenvalue weighted by Crippen LogP contribution is -2.30.